The summed E-state index contributed by atoms with van der Waals surface area (Å²) in [6, 6.07) is 3.39. The van der Waals surface area contributed by atoms with Gasteiger partial charge >= 0.3 is 0 Å². The molecule has 2 N–H and O–H groups in total. The van der Waals surface area contributed by atoms with Crippen LogP contribution in [-0.4, -0.2) is 15.1 Å². The Morgan fingerprint density at radius 3 is 2.47 bits per heavy atom. The van der Waals surface area contributed by atoms with Gasteiger partial charge in [-0.2, -0.15) is 4.98 Å². The lowest BCUT2D eigenvalue weighted by molar-refractivity contribution is 0.253. The van der Waals surface area contributed by atoms with E-state index in [4.69, 9.17) is 10.3 Å². The number of hydrogen-bond acceptors (Lipinski definition) is 5. The molecule has 0 radical (unpaired) electrons. The third-order valence-corrected chi connectivity index (χ3v) is 2.58. The van der Waals surface area contributed by atoms with Crippen molar-refractivity contribution in [1.29, 1.82) is 0 Å². The van der Waals surface area contributed by atoms with Gasteiger partial charge in [0.1, 0.15) is 0 Å². The summed E-state index contributed by atoms with van der Waals surface area (Å²) in [4.78, 5) is 8.26. The van der Waals surface area contributed by atoms with Gasteiger partial charge in [0.2, 0.25) is 11.7 Å². The van der Waals surface area contributed by atoms with Gasteiger partial charge in [-0.25, -0.2) is 0 Å². The number of rotatable bonds is 2. The molecule has 1 atom stereocenters. The van der Waals surface area contributed by atoms with Gasteiger partial charge in [0.25, 0.3) is 0 Å². The lowest BCUT2D eigenvalue weighted by atomic mass is 9.87. The van der Waals surface area contributed by atoms with Gasteiger partial charge in [-0.15, -0.1) is 0 Å². The maximum atomic E-state index is 6.05. The monoisotopic (exact) mass is 232 g/mol. The average Bonchev–Trinajstić information content (AvgIpc) is 2.77. The highest BCUT2D eigenvalue weighted by atomic mass is 16.5. The van der Waals surface area contributed by atoms with E-state index in [9.17, 15) is 0 Å². The number of aromatic nitrogens is 3. The smallest absolute Gasteiger partial charge is 0.244 e. The first-order valence-corrected chi connectivity index (χ1v) is 5.48. The molecule has 5 nitrogen and oxygen atoms in total. The Balaban J connectivity index is 2.28. The zero-order valence-corrected chi connectivity index (χ0v) is 10.2. The largest absolute Gasteiger partial charge is 0.337 e. The van der Waals surface area contributed by atoms with Crippen LogP contribution >= 0.6 is 0 Å². The van der Waals surface area contributed by atoms with Crippen molar-refractivity contribution in [3.8, 4) is 11.4 Å². The van der Waals surface area contributed by atoms with Gasteiger partial charge in [-0.3, -0.25) is 4.98 Å². The molecule has 0 aliphatic rings. The second-order valence-electron chi connectivity index (χ2n) is 5.04. The van der Waals surface area contributed by atoms with Crippen LogP contribution in [0.5, 0.6) is 0 Å². The van der Waals surface area contributed by atoms with E-state index in [-0.39, 0.29) is 11.5 Å². The highest BCUT2D eigenvalue weighted by Gasteiger charge is 2.27. The highest BCUT2D eigenvalue weighted by molar-refractivity contribution is 5.52. The molecular formula is C12H16N4O. The van der Waals surface area contributed by atoms with Crippen LogP contribution in [0.25, 0.3) is 11.4 Å². The molecule has 2 rings (SSSR count). The average molecular weight is 232 g/mol. The van der Waals surface area contributed by atoms with E-state index < -0.39 is 0 Å². The zero-order valence-electron chi connectivity index (χ0n) is 10.2. The number of hydrogen-bond donors (Lipinski definition) is 1. The number of nitrogens with zero attached hydrogens (tertiary/aromatic N) is 3. The standard InChI is InChI=1S/C12H16N4O/c1-12(2,3)9(13)11-15-10(16-17-11)8-4-6-14-7-5-8/h4-7,9H,13H2,1-3H3/t9-/m1/s1. The van der Waals surface area contributed by atoms with Crippen LogP contribution in [0, 0.1) is 5.41 Å². The fourth-order valence-electron chi connectivity index (χ4n) is 1.35. The van der Waals surface area contributed by atoms with E-state index in [0.717, 1.165) is 5.56 Å². The van der Waals surface area contributed by atoms with Crippen molar-refractivity contribution in [1.82, 2.24) is 15.1 Å². The van der Waals surface area contributed by atoms with Gasteiger partial charge in [0, 0.05) is 18.0 Å². The molecule has 0 saturated carbocycles. The summed E-state index contributed by atoms with van der Waals surface area (Å²) in [7, 11) is 0. The lowest BCUT2D eigenvalue weighted by Gasteiger charge is -2.23. The molecule has 0 fully saturated rings. The molecule has 0 saturated heterocycles. The molecule has 5 heteroatoms. The fraction of sp³-hybridized carbons (Fsp3) is 0.417. The van der Waals surface area contributed by atoms with Crippen molar-refractivity contribution in [3.63, 3.8) is 0 Å². The Morgan fingerprint density at radius 2 is 1.88 bits per heavy atom. The molecule has 0 aliphatic heterocycles. The van der Waals surface area contributed by atoms with Crippen LogP contribution in [0.3, 0.4) is 0 Å². The lowest BCUT2D eigenvalue weighted by Crippen LogP contribution is -2.26. The fourth-order valence-corrected chi connectivity index (χ4v) is 1.35. The summed E-state index contributed by atoms with van der Waals surface area (Å²) in [6.45, 7) is 6.11. The molecule has 2 aromatic rings. The molecule has 0 aliphatic carbocycles. The second kappa shape index (κ2) is 4.25. The minimum atomic E-state index is -0.273. The molecule has 0 unspecified atom stereocenters. The SMILES string of the molecule is CC(C)(C)[C@H](N)c1nc(-c2ccncc2)no1. The molecule has 2 aromatic heterocycles. The van der Waals surface area contributed by atoms with Crippen LogP contribution in [0.1, 0.15) is 32.7 Å². The van der Waals surface area contributed by atoms with E-state index >= 15 is 0 Å². The maximum absolute atomic E-state index is 6.05. The molecule has 2 heterocycles. The van der Waals surface area contributed by atoms with Gasteiger partial charge < -0.3 is 10.3 Å². The van der Waals surface area contributed by atoms with E-state index in [1.807, 2.05) is 32.9 Å². The third-order valence-electron chi connectivity index (χ3n) is 2.58. The van der Waals surface area contributed by atoms with Crippen LogP contribution in [0.2, 0.25) is 0 Å². The molecule has 90 valence electrons. The van der Waals surface area contributed by atoms with Gasteiger partial charge in [-0.1, -0.05) is 25.9 Å². The minimum Gasteiger partial charge on any atom is -0.337 e. The highest BCUT2D eigenvalue weighted by Crippen LogP contribution is 2.30. The minimum absolute atomic E-state index is 0.109. The van der Waals surface area contributed by atoms with Gasteiger partial charge in [0.15, 0.2) is 0 Å². The third kappa shape index (κ3) is 2.50. The van der Waals surface area contributed by atoms with E-state index in [1.54, 1.807) is 12.4 Å². The summed E-state index contributed by atoms with van der Waals surface area (Å²) < 4.78 is 5.20. The van der Waals surface area contributed by atoms with Crippen LogP contribution in [0.15, 0.2) is 29.0 Å². The molecule has 0 amide bonds. The van der Waals surface area contributed by atoms with Crippen LogP contribution in [0.4, 0.5) is 0 Å². The Labute approximate surface area is 100 Å². The normalized spacial score (nSPS) is 13.6. The molecule has 0 spiro atoms. The first-order chi connectivity index (χ1) is 7.98. The van der Waals surface area contributed by atoms with Crippen LogP contribution < -0.4 is 5.73 Å². The van der Waals surface area contributed by atoms with Gasteiger partial charge in [-0.05, 0) is 17.5 Å². The summed E-state index contributed by atoms with van der Waals surface area (Å²) in [6.07, 6.45) is 3.38. The second-order valence-corrected chi connectivity index (χ2v) is 5.04. The molecule has 17 heavy (non-hydrogen) atoms. The predicted octanol–water partition coefficient (Wildman–Crippen LogP) is 2.18. The van der Waals surface area contributed by atoms with Crippen molar-refractivity contribution in [3.05, 3.63) is 30.4 Å². The Morgan fingerprint density at radius 1 is 1.24 bits per heavy atom. The Kier molecular flexibility index (Phi) is 2.93. The zero-order chi connectivity index (χ0) is 12.5. The van der Waals surface area contributed by atoms with Gasteiger partial charge in [0.05, 0.1) is 6.04 Å². The van der Waals surface area contributed by atoms with E-state index in [2.05, 4.69) is 15.1 Å². The topological polar surface area (TPSA) is 77.8 Å². The van der Waals surface area contributed by atoms with Crippen LogP contribution in [-0.2, 0) is 0 Å². The summed E-state index contributed by atoms with van der Waals surface area (Å²) >= 11 is 0. The van der Waals surface area contributed by atoms with Crippen molar-refractivity contribution < 1.29 is 4.52 Å². The maximum Gasteiger partial charge on any atom is 0.244 e. The number of pyridine rings is 1. The number of nitrogens with two attached hydrogens (primary N) is 1. The first kappa shape index (κ1) is 11.7. The predicted molar refractivity (Wildman–Crippen MR) is 63.9 cm³/mol. The van der Waals surface area contributed by atoms with Crippen molar-refractivity contribution in [2.45, 2.75) is 26.8 Å². The first-order valence-electron chi connectivity index (χ1n) is 5.48. The molecule has 0 aromatic carbocycles. The van der Waals surface area contributed by atoms with E-state index in [0.29, 0.717) is 11.7 Å². The molecule has 0 bridgehead atoms. The summed E-state index contributed by atoms with van der Waals surface area (Å²) in [5.41, 5.74) is 6.82. The van der Waals surface area contributed by atoms with Crippen molar-refractivity contribution >= 4 is 0 Å². The van der Waals surface area contributed by atoms with E-state index in [1.165, 1.54) is 0 Å². The van der Waals surface area contributed by atoms with Crippen molar-refractivity contribution in [2.24, 2.45) is 11.1 Å². The summed E-state index contributed by atoms with van der Waals surface area (Å²) in [5.74, 6) is 1.01. The Bertz CT molecular complexity index is 487. The Hall–Kier alpha value is -1.75. The quantitative estimate of drug-likeness (QED) is 0.858. The summed E-state index contributed by atoms with van der Waals surface area (Å²) in [5, 5.41) is 3.93. The van der Waals surface area contributed by atoms with Crippen molar-refractivity contribution in [2.75, 3.05) is 0 Å². The molecular weight excluding hydrogens is 216 g/mol.